The van der Waals surface area contributed by atoms with Gasteiger partial charge in [-0.1, -0.05) is 0 Å². The normalized spacial score (nSPS) is 18.1. The third-order valence-electron chi connectivity index (χ3n) is 2.84. The molecule has 0 bridgehead atoms. The molecule has 0 unspecified atom stereocenters. The first kappa shape index (κ1) is 13.0. The number of hydrogen-bond donors (Lipinski definition) is 1. The fourth-order valence-corrected chi connectivity index (χ4v) is 2.11. The Kier molecular flexibility index (Phi) is 3.17. The molecule has 0 spiro atoms. The molecule has 1 aliphatic rings. The zero-order chi connectivity index (χ0) is 13.5. The number of nitrogens with zero attached hydrogens (tertiary/aromatic N) is 1. The Hall–Kier alpha value is -1.40. The van der Waals surface area contributed by atoms with Crippen molar-refractivity contribution >= 4 is 18.6 Å². The number of hydrogen-bond acceptors (Lipinski definition) is 4. The standard InChI is InChI=1S/C12H16BNO4/c1-7-5-9(10(11(15)16)8(2)14-7)13-17-6-12(3,4)18-13/h5H,6H2,1-4H3,(H,15,16). The Morgan fingerprint density at radius 3 is 2.67 bits per heavy atom. The van der Waals surface area contributed by atoms with Gasteiger partial charge in [-0.2, -0.15) is 0 Å². The van der Waals surface area contributed by atoms with Crippen molar-refractivity contribution in [1.82, 2.24) is 4.98 Å². The van der Waals surface area contributed by atoms with Gasteiger partial charge in [0, 0.05) is 11.2 Å². The molecule has 1 saturated heterocycles. The molecular weight excluding hydrogens is 233 g/mol. The van der Waals surface area contributed by atoms with Gasteiger partial charge in [0.25, 0.3) is 0 Å². The first-order chi connectivity index (χ1) is 8.30. The summed E-state index contributed by atoms with van der Waals surface area (Å²) in [6, 6.07) is 1.71. The van der Waals surface area contributed by atoms with Gasteiger partial charge in [-0.15, -0.1) is 0 Å². The summed E-state index contributed by atoms with van der Waals surface area (Å²) in [7, 11) is -0.633. The number of aromatic carboxylic acids is 1. The molecule has 2 heterocycles. The fraction of sp³-hybridized carbons (Fsp3) is 0.500. The molecule has 1 aromatic rings. The monoisotopic (exact) mass is 249 g/mol. The van der Waals surface area contributed by atoms with E-state index in [1.807, 2.05) is 20.8 Å². The highest BCUT2D eigenvalue weighted by atomic mass is 16.7. The van der Waals surface area contributed by atoms with Gasteiger partial charge in [-0.05, 0) is 33.8 Å². The Labute approximate surface area is 106 Å². The van der Waals surface area contributed by atoms with E-state index in [0.29, 0.717) is 17.8 Å². The van der Waals surface area contributed by atoms with Crippen molar-refractivity contribution in [3.05, 3.63) is 23.0 Å². The van der Waals surface area contributed by atoms with E-state index in [4.69, 9.17) is 9.31 Å². The van der Waals surface area contributed by atoms with Gasteiger partial charge in [-0.25, -0.2) is 4.79 Å². The first-order valence-electron chi connectivity index (χ1n) is 5.81. The molecule has 6 heteroatoms. The van der Waals surface area contributed by atoms with Crippen LogP contribution < -0.4 is 5.46 Å². The molecule has 5 nitrogen and oxygen atoms in total. The van der Waals surface area contributed by atoms with E-state index in [2.05, 4.69) is 4.98 Å². The van der Waals surface area contributed by atoms with Crippen LogP contribution in [0.5, 0.6) is 0 Å². The van der Waals surface area contributed by atoms with E-state index in [1.54, 1.807) is 13.0 Å². The number of pyridine rings is 1. The number of aryl methyl sites for hydroxylation is 2. The van der Waals surface area contributed by atoms with Crippen LogP contribution in [0.15, 0.2) is 6.07 Å². The summed E-state index contributed by atoms with van der Waals surface area (Å²) in [5, 5.41) is 9.28. The molecule has 1 aromatic heterocycles. The number of carboxylic acids is 1. The molecule has 1 N–H and O–H groups in total. The maximum Gasteiger partial charge on any atom is 0.495 e. The van der Waals surface area contributed by atoms with E-state index in [9.17, 15) is 9.90 Å². The lowest BCUT2D eigenvalue weighted by molar-refractivity contribution is 0.0696. The lowest BCUT2D eigenvalue weighted by Crippen LogP contribution is -2.39. The van der Waals surface area contributed by atoms with Crippen LogP contribution in [0, 0.1) is 13.8 Å². The summed E-state index contributed by atoms with van der Waals surface area (Å²) in [5.41, 5.74) is 1.55. The van der Waals surface area contributed by atoms with Crippen molar-refractivity contribution in [2.24, 2.45) is 0 Å². The summed E-state index contributed by atoms with van der Waals surface area (Å²) >= 11 is 0. The fourth-order valence-electron chi connectivity index (χ4n) is 2.11. The van der Waals surface area contributed by atoms with Crippen LogP contribution in [0.3, 0.4) is 0 Å². The molecule has 0 atom stereocenters. The molecule has 1 fully saturated rings. The van der Waals surface area contributed by atoms with Crippen LogP contribution in [0.2, 0.25) is 0 Å². The number of rotatable bonds is 2. The molecule has 18 heavy (non-hydrogen) atoms. The van der Waals surface area contributed by atoms with E-state index < -0.39 is 18.7 Å². The van der Waals surface area contributed by atoms with Gasteiger partial charge < -0.3 is 14.4 Å². The van der Waals surface area contributed by atoms with Crippen LogP contribution >= 0.6 is 0 Å². The van der Waals surface area contributed by atoms with E-state index in [0.717, 1.165) is 5.69 Å². The van der Waals surface area contributed by atoms with Crippen LogP contribution in [0.1, 0.15) is 35.6 Å². The number of carbonyl (C=O) groups is 1. The summed E-state index contributed by atoms with van der Waals surface area (Å²) in [6.45, 7) is 7.77. The number of carboxylic acid groups (broad SMARTS) is 1. The minimum absolute atomic E-state index is 0.170. The zero-order valence-electron chi connectivity index (χ0n) is 11.0. The summed E-state index contributed by atoms with van der Waals surface area (Å²) in [4.78, 5) is 15.5. The highest BCUT2D eigenvalue weighted by Crippen LogP contribution is 2.21. The Balaban J connectivity index is 2.47. The Bertz CT molecular complexity index is 501. The molecule has 0 amide bonds. The summed E-state index contributed by atoms with van der Waals surface area (Å²) < 4.78 is 11.3. The van der Waals surface area contributed by atoms with Gasteiger partial charge in [0.15, 0.2) is 0 Å². The van der Waals surface area contributed by atoms with Gasteiger partial charge in [0.2, 0.25) is 0 Å². The Morgan fingerprint density at radius 1 is 1.50 bits per heavy atom. The second-order valence-corrected chi connectivity index (χ2v) is 5.14. The van der Waals surface area contributed by atoms with Crippen molar-refractivity contribution < 1.29 is 19.2 Å². The van der Waals surface area contributed by atoms with Gasteiger partial charge in [-0.3, -0.25) is 4.98 Å². The molecule has 0 radical (unpaired) electrons. The predicted molar refractivity (Wildman–Crippen MR) is 67.2 cm³/mol. The maximum absolute atomic E-state index is 11.3. The molecule has 0 saturated carbocycles. The van der Waals surface area contributed by atoms with E-state index in [-0.39, 0.29) is 5.56 Å². The zero-order valence-corrected chi connectivity index (χ0v) is 11.0. The third-order valence-corrected chi connectivity index (χ3v) is 2.84. The van der Waals surface area contributed by atoms with Gasteiger partial charge >= 0.3 is 13.1 Å². The minimum Gasteiger partial charge on any atom is -0.478 e. The average Bonchev–Trinajstić information content (AvgIpc) is 2.56. The average molecular weight is 249 g/mol. The third kappa shape index (κ3) is 2.39. The molecule has 0 aliphatic carbocycles. The summed E-state index contributed by atoms with van der Waals surface area (Å²) in [6.07, 6.45) is 0. The smallest absolute Gasteiger partial charge is 0.478 e. The second-order valence-electron chi connectivity index (χ2n) is 5.14. The topological polar surface area (TPSA) is 68.7 Å². The molecule has 1 aliphatic heterocycles. The van der Waals surface area contributed by atoms with Crippen molar-refractivity contribution in [1.29, 1.82) is 0 Å². The summed E-state index contributed by atoms with van der Waals surface area (Å²) in [5.74, 6) is -1.01. The van der Waals surface area contributed by atoms with Crippen molar-refractivity contribution in [3.63, 3.8) is 0 Å². The van der Waals surface area contributed by atoms with Gasteiger partial charge in [0.1, 0.15) is 0 Å². The Morgan fingerprint density at radius 2 is 2.17 bits per heavy atom. The molecule has 96 valence electrons. The van der Waals surface area contributed by atoms with Gasteiger partial charge in [0.05, 0.1) is 23.5 Å². The van der Waals surface area contributed by atoms with Crippen LogP contribution in [0.25, 0.3) is 0 Å². The quantitative estimate of drug-likeness (QED) is 0.789. The predicted octanol–water partition coefficient (Wildman–Crippen LogP) is 0.917. The van der Waals surface area contributed by atoms with E-state index >= 15 is 0 Å². The van der Waals surface area contributed by atoms with Crippen molar-refractivity contribution in [2.75, 3.05) is 6.61 Å². The van der Waals surface area contributed by atoms with Crippen LogP contribution in [-0.4, -0.2) is 35.4 Å². The molecule has 0 aromatic carbocycles. The van der Waals surface area contributed by atoms with Crippen molar-refractivity contribution in [2.45, 2.75) is 33.3 Å². The largest absolute Gasteiger partial charge is 0.495 e. The number of aromatic nitrogens is 1. The lowest BCUT2D eigenvalue weighted by Gasteiger charge is -2.16. The maximum atomic E-state index is 11.3. The SMILES string of the molecule is Cc1cc(B2OCC(C)(C)O2)c(C(=O)O)c(C)n1. The van der Waals surface area contributed by atoms with Crippen molar-refractivity contribution in [3.8, 4) is 0 Å². The van der Waals surface area contributed by atoms with Crippen LogP contribution in [0.4, 0.5) is 0 Å². The first-order valence-corrected chi connectivity index (χ1v) is 5.81. The minimum atomic E-state index is -1.01. The second kappa shape index (κ2) is 4.37. The molecule has 2 rings (SSSR count). The highest BCUT2D eigenvalue weighted by Gasteiger charge is 2.40. The lowest BCUT2D eigenvalue weighted by atomic mass is 9.75. The highest BCUT2D eigenvalue weighted by molar-refractivity contribution is 6.63. The molecular formula is C12H16BNO4. The van der Waals surface area contributed by atoms with E-state index in [1.165, 1.54) is 0 Å². The van der Waals surface area contributed by atoms with Crippen LogP contribution in [-0.2, 0) is 9.31 Å².